The lowest BCUT2D eigenvalue weighted by atomic mass is 9.81. The highest BCUT2D eigenvalue weighted by Crippen LogP contribution is 2.50. The molecule has 1 aliphatic heterocycles. The van der Waals surface area contributed by atoms with Crippen LogP contribution in [0.1, 0.15) is 36.1 Å². The van der Waals surface area contributed by atoms with Crippen molar-refractivity contribution in [3.63, 3.8) is 0 Å². The van der Waals surface area contributed by atoms with Crippen LogP contribution in [0.25, 0.3) is 44.7 Å². The Morgan fingerprint density at radius 1 is 0.804 bits per heavy atom. The maximum Gasteiger partial charge on any atom is 0.223 e. The van der Waals surface area contributed by atoms with Crippen molar-refractivity contribution in [2.45, 2.75) is 19.3 Å². The number of hydrogen-bond acceptors (Lipinski definition) is 4. The fourth-order valence-electron chi connectivity index (χ4n) is 6.33. The van der Waals surface area contributed by atoms with Crippen molar-refractivity contribution in [3.05, 3.63) is 156 Å². The van der Waals surface area contributed by atoms with E-state index in [0.717, 1.165) is 44.5 Å². The molecule has 5 aromatic rings. The first kappa shape index (κ1) is 29.1. The van der Waals surface area contributed by atoms with Gasteiger partial charge >= 0.3 is 0 Å². The average Bonchev–Trinajstić information content (AvgIpc) is 3.30. The van der Waals surface area contributed by atoms with Gasteiger partial charge in [0.2, 0.25) is 11.9 Å². The number of aliphatic imine (C=N–C) groups is 1. The summed E-state index contributed by atoms with van der Waals surface area (Å²) in [6, 6.07) is 31.3. The third-order valence-corrected chi connectivity index (χ3v) is 8.82. The molecule has 4 aromatic carbocycles. The third-order valence-electron chi connectivity index (χ3n) is 8.82. The van der Waals surface area contributed by atoms with Crippen molar-refractivity contribution in [1.82, 2.24) is 10.0 Å². The number of para-hydroxylation sites is 1. The van der Waals surface area contributed by atoms with Crippen LogP contribution in [-0.4, -0.2) is 23.3 Å². The molecule has 6 heteroatoms. The van der Waals surface area contributed by atoms with Gasteiger partial charge < -0.3 is 4.84 Å². The summed E-state index contributed by atoms with van der Waals surface area (Å²) in [4.78, 5) is 13.6. The van der Waals surface area contributed by atoms with Crippen LogP contribution >= 0.6 is 0 Å². The Morgan fingerprint density at radius 3 is 2.15 bits per heavy atom. The van der Waals surface area contributed by atoms with Crippen LogP contribution in [0, 0.1) is 11.9 Å². The molecular formula is C40H31F2N3O. The lowest BCUT2D eigenvalue weighted by Gasteiger charge is -2.24. The Bertz CT molecular complexity index is 2090. The van der Waals surface area contributed by atoms with Gasteiger partial charge in [-0.1, -0.05) is 93.2 Å². The van der Waals surface area contributed by atoms with Gasteiger partial charge in [-0.05, 0) is 87.6 Å². The van der Waals surface area contributed by atoms with E-state index < -0.39 is 11.9 Å². The standard InChI is InChI=1S/C40H31F2N3O/c1-25(43-4)31-9-5-6-10-37(31)46-45-21-7-8-30(24-45)27-13-11-26(12-14-27)28-15-17-33-34-18-16-29(32-19-20-38(41)44-39(32)42)23-36(34)40(2,3)35(33)22-28/h5-20,22-24H,1,4,21H2,2-3H3. The quantitative estimate of drug-likeness (QED) is 0.137. The Labute approximate surface area is 267 Å². The van der Waals surface area contributed by atoms with Gasteiger partial charge in [0.25, 0.3) is 0 Å². The Morgan fingerprint density at radius 2 is 1.43 bits per heavy atom. The first-order valence-electron chi connectivity index (χ1n) is 15.0. The second kappa shape index (κ2) is 11.4. The van der Waals surface area contributed by atoms with Gasteiger partial charge in [0.05, 0.1) is 12.2 Å². The summed E-state index contributed by atoms with van der Waals surface area (Å²) in [6.45, 7) is 12.5. The normalized spacial score (nSPS) is 14.3. The zero-order chi connectivity index (χ0) is 32.0. The molecule has 1 aliphatic carbocycles. The Hall–Kier alpha value is -5.62. The minimum Gasteiger partial charge on any atom is -0.379 e. The molecule has 0 radical (unpaired) electrons. The molecule has 0 saturated carbocycles. The fourth-order valence-corrected chi connectivity index (χ4v) is 6.33. The van der Waals surface area contributed by atoms with E-state index in [4.69, 9.17) is 4.84 Å². The van der Waals surface area contributed by atoms with Gasteiger partial charge in [-0.2, -0.15) is 13.8 Å². The molecule has 4 nitrogen and oxygen atoms in total. The van der Waals surface area contributed by atoms with Crippen molar-refractivity contribution in [1.29, 1.82) is 0 Å². The zero-order valence-corrected chi connectivity index (χ0v) is 25.6. The van der Waals surface area contributed by atoms with E-state index in [1.807, 2.05) is 48.7 Å². The monoisotopic (exact) mass is 607 g/mol. The predicted octanol–water partition coefficient (Wildman–Crippen LogP) is 9.88. The fraction of sp³-hybridized carbons (Fsp3) is 0.100. The molecule has 7 rings (SSSR count). The SMILES string of the molecule is C=NC(=C)c1ccccc1ON1C=C(c2ccc(-c3ccc4c(c3)C(C)(C)c3cc(-c5ccc(F)nc5F)ccc3-4)cc2)C=CC1. The van der Waals surface area contributed by atoms with Gasteiger partial charge in [0.1, 0.15) is 0 Å². The average molecular weight is 608 g/mol. The van der Waals surface area contributed by atoms with E-state index in [2.05, 4.69) is 91.7 Å². The van der Waals surface area contributed by atoms with Crippen LogP contribution in [-0.2, 0) is 5.41 Å². The van der Waals surface area contributed by atoms with Crippen LogP contribution in [0.5, 0.6) is 5.75 Å². The number of hydrogen-bond donors (Lipinski definition) is 0. The molecule has 2 heterocycles. The largest absolute Gasteiger partial charge is 0.379 e. The molecular weight excluding hydrogens is 576 g/mol. The number of benzene rings is 4. The second-order valence-electron chi connectivity index (χ2n) is 12.0. The number of halogens is 2. The molecule has 1 aromatic heterocycles. The van der Waals surface area contributed by atoms with Crippen molar-refractivity contribution in [2.24, 2.45) is 4.99 Å². The minimum atomic E-state index is -0.829. The summed E-state index contributed by atoms with van der Waals surface area (Å²) >= 11 is 0. The number of fused-ring (bicyclic) bond motifs is 3. The van der Waals surface area contributed by atoms with Crippen molar-refractivity contribution < 1.29 is 13.6 Å². The lowest BCUT2D eigenvalue weighted by Crippen LogP contribution is -2.24. The van der Waals surface area contributed by atoms with E-state index in [0.29, 0.717) is 23.6 Å². The summed E-state index contributed by atoms with van der Waals surface area (Å²) in [5, 5.41) is 1.80. The van der Waals surface area contributed by atoms with E-state index in [-0.39, 0.29) is 11.0 Å². The molecule has 0 amide bonds. The topological polar surface area (TPSA) is 37.7 Å². The van der Waals surface area contributed by atoms with Crippen LogP contribution in [0.3, 0.4) is 0 Å². The molecule has 0 saturated heterocycles. The molecule has 226 valence electrons. The molecule has 0 fully saturated rings. The number of allylic oxidation sites excluding steroid dienone is 2. The number of nitrogens with zero attached hydrogens (tertiary/aromatic N) is 3. The van der Waals surface area contributed by atoms with Crippen molar-refractivity contribution >= 4 is 18.0 Å². The molecule has 0 N–H and O–H groups in total. The minimum absolute atomic E-state index is 0.287. The van der Waals surface area contributed by atoms with Crippen LogP contribution in [0.4, 0.5) is 8.78 Å². The Kier molecular flexibility index (Phi) is 7.20. The van der Waals surface area contributed by atoms with Gasteiger partial charge in [0.15, 0.2) is 5.75 Å². The number of pyridine rings is 1. The molecule has 0 atom stereocenters. The van der Waals surface area contributed by atoms with Crippen molar-refractivity contribution in [3.8, 4) is 39.1 Å². The summed E-state index contributed by atoms with van der Waals surface area (Å²) in [6.07, 6.45) is 6.16. The first-order chi connectivity index (χ1) is 22.2. The second-order valence-corrected chi connectivity index (χ2v) is 12.0. The van der Waals surface area contributed by atoms with Crippen LogP contribution in [0.15, 0.2) is 127 Å². The summed E-state index contributed by atoms with van der Waals surface area (Å²) in [7, 11) is 0. The molecule has 2 aliphatic rings. The summed E-state index contributed by atoms with van der Waals surface area (Å²) in [5.41, 5.74) is 10.9. The van der Waals surface area contributed by atoms with E-state index in [1.54, 1.807) is 5.06 Å². The van der Waals surface area contributed by atoms with Gasteiger partial charge in [-0.15, -0.1) is 0 Å². The number of hydroxylamine groups is 2. The molecule has 46 heavy (non-hydrogen) atoms. The van der Waals surface area contributed by atoms with Crippen LogP contribution in [0.2, 0.25) is 0 Å². The third kappa shape index (κ3) is 5.12. The maximum absolute atomic E-state index is 14.5. The van der Waals surface area contributed by atoms with E-state index in [1.165, 1.54) is 17.7 Å². The zero-order valence-electron chi connectivity index (χ0n) is 25.6. The summed E-state index contributed by atoms with van der Waals surface area (Å²) in [5.74, 6) is -0.973. The lowest BCUT2D eigenvalue weighted by molar-refractivity contribution is 0.00407. The van der Waals surface area contributed by atoms with Crippen LogP contribution < -0.4 is 4.84 Å². The first-order valence-corrected chi connectivity index (χ1v) is 15.0. The molecule has 0 unspecified atom stereocenters. The highest BCUT2D eigenvalue weighted by Gasteiger charge is 2.36. The van der Waals surface area contributed by atoms with Gasteiger partial charge in [-0.25, -0.2) is 5.06 Å². The van der Waals surface area contributed by atoms with Crippen molar-refractivity contribution in [2.75, 3.05) is 6.54 Å². The molecule has 0 bridgehead atoms. The smallest absolute Gasteiger partial charge is 0.223 e. The highest BCUT2D eigenvalue weighted by molar-refractivity contribution is 5.86. The van der Waals surface area contributed by atoms with Gasteiger partial charge in [0, 0.05) is 28.3 Å². The number of rotatable bonds is 7. The maximum atomic E-state index is 14.5. The number of aromatic nitrogens is 1. The van der Waals surface area contributed by atoms with E-state index in [9.17, 15) is 8.78 Å². The molecule has 0 spiro atoms. The Balaban J connectivity index is 1.14. The van der Waals surface area contributed by atoms with E-state index >= 15 is 0 Å². The summed E-state index contributed by atoms with van der Waals surface area (Å²) < 4.78 is 28.0. The predicted molar refractivity (Wildman–Crippen MR) is 182 cm³/mol. The highest BCUT2D eigenvalue weighted by atomic mass is 19.1. The van der Waals surface area contributed by atoms with Gasteiger partial charge in [-0.3, -0.25) is 4.99 Å².